The Morgan fingerprint density at radius 2 is 1.86 bits per heavy atom. The van der Waals surface area contributed by atoms with E-state index in [1.54, 1.807) is 11.3 Å². The smallest absolute Gasteiger partial charge is 0.158 e. The Kier molecular flexibility index (Phi) is 7.09. The number of carbonyl (C=O) groups excluding carboxylic acids is 1. The van der Waals surface area contributed by atoms with Crippen LogP contribution in [-0.4, -0.2) is 65.1 Å². The SMILES string of the molecule is CN1CCC(Oc2ccc(-c3n[nH]c4ccc(CC(=O)C(c5ccsc5)N5CCCC5)cc34)cc2)CC1. The van der Waals surface area contributed by atoms with Crippen LogP contribution in [0.25, 0.3) is 22.2 Å². The van der Waals surface area contributed by atoms with Crippen molar-refractivity contribution in [3.8, 4) is 17.0 Å². The molecule has 1 atom stereocenters. The van der Waals surface area contributed by atoms with E-state index in [1.165, 1.54) is 12.8 Å². The molecule has 0 amide bonds. The maximum Gasteiger partial charge on any atom is 0.158 e. The molecule has 37 heavy (non-hydrogen) atoms. The van der Waals surface area contributed by atoms with E-state index in [4.69, 9.17) is 4.74 Å². The van der Waals surface area contributed by atoms with E-state index in [-0.39, 0.29) is 17.9 Å². The summed E-state index contributed by atoms with van der Waals surface area (Å²) in [6.45, 7) is 4.15. The quantitative estimate of drug-likeness (QED) is 0.326. The van der Waals surface area contributed by atoms with E-state index >= 15 is 0 Å². The molecule has 2 aliphatic heterocycles. The minimum atomic E-state index is -0.148. The number of nitrogens with one attached hydrogen (secondary N) is 1. The van der Waals surface area contributed by atoms with Crippen molar-refractivity contribution in [2.75, 3.05) is 33.2 Å². The lowest BCUT2D eigenvalue weighted by Crippen LogP contribution is -2.35. The Labute approximate surface area is 222 Å². The number of Topliss-reactive ketones (excluding diaryl/α,β-unsaturated/α-hetero) is 1. The first kappa shape index (κ1) is 24.3. The molecule has 0 bridgehead atoms. The number of piperidine rings is 1. The molecular weight excluding hydrogens is 480 g/mol. The third-order valence-electron chi connectivity index (χ3n) is 7.77. The van der Waals surface area contributed by atoms with Crippen LogP contribution >= 0.6 is 11.3 Å². The summed E-state index contributed by atoms with van der Waals surface area (Å²) >= 11 is 1.66. The number of benzene rings is 2. The zero-order chi connectivity index (χ0) is 25.2. The number of aromatic amines is 1. The molecule has 0 radical (unpaired) electrons. The van der Waals surface area contributed by atoms with E-state index in [9.17, 15) is 4.79 Å². The Hall–Kier alpha value is -3.00. The topological polar surface area (TPSA) is 61.5 Å². The summed E-state index contributed by atoms with van der Waals surface area (Å²) in [6, 6.07) is 16.4. The molecule has 2 aromatic carbocycles. The summed E-state index contributed by atoms with van der Waals surface area (Å²) in [5, 5.41) is 13.0. The first-order valence-corrected chi connectivity index (χ1v) is 14.3. The zero-order valence-electron chi connectivity index (χ0n) is 21.4. The van der Waals surface area contributed by atoms with Crippen molar-refractivity contribution in [1.82, 2.24) is 20.0 Å². The lowest BCUT2D eigenvalue weighted by atomic mass is 9.97. The van der Waals surface area contributed by atoms with Crippen LogP contribution in [0.3, 0.4) is 0 Å². The number of hydrogen-bond donors (Lipinski definition) is 1. The largest absolute Gasteiger partial charge is 0.490 e. The Bertz CT molecular complexity index is 1330. The van der Waals surface area contributed by atoms with Crippen LogP contribution in [0.5, 0.6) is 5.75 Å². The number of hydrogen-bond acceptors (Lipinski definition) is 6. The number of carbonyl (C=O) groups is 1. The minimum Gasteiger partial charge on any atom is -0.490 e. The average Bonchev–Trinajstić information content (AvgIpc) is 3.69. The number of ether oxygens (including phenoxy) is 1. The number of likely N-dealkylation sites (tertiary alicyclic amines) is 2. The number of H-pyrrole nitrogens is 1. The van der Waals surface area contributed by atoms with E-state index in [2.05, 4.69) is 68.1 Å². The van der Waals surface area contributed by atoms with Crippen molar-refractivity contribution in [3.63, 3.8) is 0 Å². The predicted octanol–water partition coefficient (Wildman–Crippen LogP) is 5.71. The van der Waals surface area contributed by atoms with Crippen molar-refractivity contribution in [2.45, 2.75) is 44.2 Å². The summed E-state index contributed by atoms with van der Waals surface area (Å²) in [5.41, 5.74) is 5.08. The van der Waals surface area contributed by atoms with Crippen molar-refractivity contribution in [2.24, 2.45) is 0 Å². The van der Waals surface area contributed by atoms with Gasteiger partial charge in [0.2, 0.25) is 0 Å². The molecule has 6 nitrogen and oxygen atoms in total. The number of thiophene rings is 1. The highest BCUT2D eigenvalue weighted by Gasteiger charge is 2.30. The summed E-state index contributed by atoms with van der Waals surface area (Å²) in [7, 11) is 2.16. The van der Waals surface area contributed by atoms with Gasteiger partial charge in [-0.3, -0.25) is 14.8 Å². The maximum atomic E-state index is 13.6. The third kappa shape index (κ3) is 5.35. The van der Waals surface area contributed by atoms with Crippen LogP contribution in [0.2, 0.25) is 0 Å². The second-order valence-electron chi connectivity index (χ2n) is 10.4. The molecule has 1 unspecified atom stereocenters. The number of ketones is 1. The molecule has 6 rings (SSSR count). The van der Waals surface area contributed by atoms with Crippen molar-refractivity contribution < 1.29 is 9.53 Å². The van der Waals surface area contributed by atoms with Crippen LogP contribution < -0.4 is 4.74 Å². The van der Waals surface area contributed by atoms with E-state index in [1.807, 2.05) is 18.2 Å². The number of nitrogens with zero attached hydrogens (tertiary/aromatic N) is 3. The third-order valence-corrected chi connectivity index (χ3v) is 8.47. The van der Waals surface area contributed by atoms with Crippen LogP contribution in [-0.2, 0) is 11.2 Å². The molecule has 4 aromatic rings. The van der Waals surface area contributed by atoms with Gasteiger partial charge < -0.3 is 9.64 Å². The second kappa shape index (κ2) is 10.8. The molecule has 7 heteroatoms. The zero-order valence-corrected chi connectivity index (χ0v) is 22.2. The standard InChI is InChI=1S/C30H34N4O2S/c1-33-15-10-25(11-16-33)36-24-7-5-22(6-8-24)29-26-18-21(4-9-27(26)31-32-29)19-28(35)30(23-12-17-37-20-23)34-13-2-3-14-34/h4-9,12,17-18,20,25,30H,2-3,10-11,13-16,19H2,1H3,(H,31,32). The molecule has 2 fully saturated rings. The van der Waals surface area contributed by atoms with Gasteiger partial charge >= 0.3 is 0 Å². The molecular formula is C30H34N4O2S. The number of rotatable bonds is 8. The van der Waals surface area contributed by atoms with Crippen LogP contribution in [0.1, 0.15) is 42.9 Å². The fraction of sp³-hybridized carbons (Fsp3) is 0.400. The van der Waals surface area contributed by atoms with Crippen molar-refractivity contribution >= 4 is 28.0 Å². The molecule has 2 aliphatic rings. The summed E-state index contributed by atoms with van der Waals surface area (Å²) in [4.78, 5) is 18.3. The van der Waals surface area contributed by atoms with Gasteiger partial charge in [-0.05, 0) is 110 Å². The van der Waals surface area contributed by atoms with Gasteiger partial charge in [-0.15, -0.1) is 0 Å². The molecule has 2 saturated heterocycles. The maximum absolute atomic E-state index is 13.6. The van der Waals surface area contributed by atoms with Gasteiger partial charge in [0, 0.05) is 30.5 Å². The van der Waals surface area contributed by atoms with E-state index < -0.39 is 0 Å². The molecule has 192 valence electrons. The monoisotopic (exact) mass is 514 g/mol. The summed E-state index contributed by atoms with van der Waals surface area (Å²) < 4.78 is 6.23. The Balaban J connectivity index is 1.20. The average molecular weight is 515 g/mol. The summed E-state index contributed by atoms with van der Waals surface area (Å²) in [6.07, 6.45) is 5.16. The minimum absolute atomic E-state index is 0.148. The first-order valence-electron chi connectivity index (χ1n) is 13.4. The number of fused-ring (bicyclic) bond motifs is 1. The lowest BCUT2D eigenvalue weighted by Gasteiger charge is -2.29. The van der Waals surface area contributed by atoms with Crippen molar-refractivity contribution in [1.29, 1.82) is 0 Å². The molecule has 4 heterocycles. The highest BCUT2D eigenvalue weighted by Crippen LogP contribution is 2.32. The van der Waals surface area contributed by atoms with Crippen LogP contribution in [0, 0.1) is 0 Å². The fourth-order valence-corrected chi connectivity index (χ4v) is 6.39. The van der Waals surface area contributed by atoms with Gasteiger partial charge in [-0.1, -0.05) is 6.07 Å². The van der Waals surface area contributed by atoms with Crippen LogP contribution in [0.15, 0.2) is 59.3 Å². The van der Waals surface area contributed by atoms with Gasteiger partial charge in [0.1, 0.15) is 11.9 Å². The van der Waals surface area contributed by atoms with Gasteiger partial charge in [-0.2, -0.15) is 16.4 Å². The van der Waals surface area contributed by atoms with E-state index in [0.29, 0.717) is 6.42 Å². The molecule has 1 N–H and O–H groups in total. The van der Waals surface area contributed by atoms with Crippen molar-refractivity contribution in [3.05, 3.63) is 70.4 Å². The predicted molar refractivity (Wildman–Crippen MR) is 149 cm³/mol. The summed E-state index contributed by atoms with van der Waals surface area (Å²) in [5.74, 6) is 1.17. The number of aromatic nitrogens is 2. The fourth-order valence-electron chi connectivity index (χ4n) is 5.71. The first-order chi connectivity index (χ1) is 18.1. The van der Waals surface area contributed by atoms with Crippen LogP contribution in [0.4, 0.5) is 0 Å². The molecule has 0 aliphatic carbocycles. The van der Waals surface area contributed by atoms with Gasteiger partial charge in [0.25, 0.3) is 0 Å². The lowest BCUT2D eigenvalue weighted by molar-refractivity contribution is -0.123. The Morgan fingerprint density at radius 1 is 1.08 bits per heavy atom. The molecule has 0 spiro atoms. The van der Waals surface area contributed by atoms with Gasteiger partial charge in [-0.25, -0.2) is 0 Å². The highest BCUT2D eigenvalue weighted by atomic mass is 32.1. The molecule has 0 saturated carbocycles. The highest BCUT2D eigenvalue weighted by molar-refractivity contribution is 7.08. The second-order valence-corrected chi connectivity index (χ2v) is 11.2. The normalized spacial score (nSPS) is 18.4. The van der Waals surface area contributed by atoms with Gasteiger partial charge in [0.05, 0.1) is 17.3 Å². The van der Waals surface area contributed by atoms with Gasteiger partial charge in [0.15, 0.2) is 5.78 Å². The molecule has 2 aromatic heterocycles. The Morgan fingerprint density at radius 3 is 2.59 bits per heavy atom. The van der Waals surface area contributed by atoms with E-state index in [0.717, 1.165) is 78.1 Å².